The highest BCUT2D eigenvalue weighted by molar-refractivity contribution is 5.74. The number of ether oxygens (including phenoxy) is 1. The number of hydrogen-bond acceptors (Lipinski definition) is 3. The molecule has 0 aliphatic carbocycles. The minimum atomic E-state index is -1.53. The Hall–Kier alpha value is -1.42. The summed E-state index contributed by atoms with van der Waals surface area (Å²) in [5.41, 5.74) is -1.37. The average Bonchev–Trinajstić information content (AvgIpc) is 2.44. The molecule has 1 aromatic carbocycles. The first-order valence-corrected chi connectivity index (χ1v) is 7.15. The van der Waals surface area contributed by atoms with Crippen LogP contribution in [-0.2, 0) is 15.1 Å². The molecular weight excluding hydrogens is 259 g/mol. The quantitative estimate of drug-likeness (QED) is 0.780. The van der Waals surface area contributed by atoms with Crippen LogP contribution in [0.2, 0.25) is 0 Å². The van der Waals surface area contributed by atoms with Crippen molar-refractivity contribution in [3.8, 4) is 0 Å². The maximum Gasteiger partial charge on any atom is 0.312 e. The van der Waals surface area contributed by atoms with Gasteiger partial charge >= 0.3 is 5.97 Å². The molecule has 0 saturated carbocycles. The van der Waals surface area contributed by atoms with Crippen LogP contribution >= 0.6 is 0 Å². The van der Waals surface area contributed by atoms with E-state index < -0.39 is 23.3 Å². The molecule has 2 atom stereocenters. The van der Waals surface area contributed by atoms with Crippen molar-refractivity contribution in [3.05, 3.63) is 35.6 Å². The highest BCUT2D eigenvalue weighted by Gasteiger charge is 2.43. The Morgan fingerprint density at radius 1 is 1.35 bits per heavy atom. The van der Waals surface area contributed by atoms with Crippen molar-refractivity contribution < 1.29 is 19.0 Å². The topological polar surface area (TPSA) is 46.5 Å². The molecule has 3 nitrogen and oxygen atoms in total. The highest BCUT2D eigenvalue weighted by Crippen LogP contribution is 2.38. The first-order chi connectivity index (χ1) is 9.51. The maximum absolute atomic E-state index is 14.0. The van der Waals surface area contributed by atoms with Crippen LogP contribution in [0.25, 0.3) is 0 Å². The number of carbonyl (C=O) groups excluding carboxylic acids is 1. The van der Waals surface area contributed by atoms with Crippen LogP contribution in [0.15, 0.2) is 24.3 Å². The predicted molar refractivity (Wildman–Crippen MR) is 75.6 cm³/mol. The molecule has 1 N–H and O–H groups in total. The van der Waals surface area contributed by atoms with Gasteiger partial charge in [-0.3, -0.25) is 4.79 Å². The lowest BCUT2D eigenvalue weighted by atomic mass is 9.76. The molecule has 0 aliphatic heterocycles. The van der Waals surface area contributed by atoms with E-state index in [1.54, 1.807) is 26.0 Å². The molecule has 112 valence electrons. The molecule has 20 heavy (non-hydrogen) atoms. The van der Waals surface area contributed by atoms with E-state index in [0.717, 1.165) is 0 Å². The van der Waals surface area contributed by atoms with Gasteiger partial charge in [-0.1, -0.05) is 38.5 Å². The number of carbonyl (C=O) groups is 1. The zero-order valence-corrected chi connectivity index (χ0v) is 12.4. The summed E-state index contributed by atoms with van der Waals surface area (Å²) in [6, 6.07) is 6.05. The molecule has 4 heteroatoms. The molecule has 1 aromatic rings. The molecule has 2 unspecified atom stereocenters. The standard InChI is InChI=1S/C16H23FO3/c1-4-9-13(15(18)20-6-3)16(19,5-2)12-10-7-8-11-14(12)17/h7-8,10-11,13,19H,4-6,9H2,1-3H3. The Balaban J connectivity index is 3.23. The summed E-state index contributed by atoms with van der Waals surface area (Å²) < 4.78 is 19.1. The van der Waals surface area contributed by atoms with Crippen molar-refractivity contribution in [1.29, 1.82) is 0 Å². The molecule has 0 aliphatic rings. The van der Waals surface area contributed by atoms with Crippen LogP contribution < -0.4 is 0 Å². The minimum absolute atomic E-state index is 0.161. The summed E-state index contributed by atoms with van der Waals surface area (Å²) >= 11 is 0. The first-order valence-electron chi connectivity index (χ1n) is 7.15. The maximum atomic E-state index is 14.0. The van der Waals surface area contributed by atoms with Gasteiger partial charge in [-0.2, -0.15) is 0 Å². The van der Waals surface area contributed by atoms with E-state index in [4.69, 9.17) is 4.74 Å². The van der Waals surface area contributed by atoms with Gasteiger partial charge in [0, 0.05) is 5.56 Å². The Kier molecular flexibility index (Phi) is 6.14. The van der Waals surface area contributed by atoms with Gasteiger partial charge in [0.05, 0.1) is 12.5 Å². The number of rotatable bonds is 7. The lowest BCUT2D eigenvalue weighted by Gasteiger charge is -2.34. The second-order valence-electron chi connectivity index (χ2n) is 4.85. The number of esters is 1. The van der Waals surface area contributed by atoms with E-state index in [9.17, 15) is 14.3 Å². The summed E-state index contributed by atoms with van der Waals surface area (Å²) in [6.45, 7) is 5.63. The van der Waals surface area contributed by atoms with Gasteiger partial charge in [-0.15, -0.1) is 0 Å². The monoisotopic (exact) mass is 282 g/mol. The average molecular weight is 282 g/mol. The first kappa shape index (κ1) is 16.6. The van der Waals surface area contributed by atoms with Crippen LogP contribution in [0.3, 0.4) is 0 Å². The largest absolute Gasteiger partial charge is 0.466 e. The van der Waals surface area contributed by atoms with Crippen LogP contribution in [0.1, 0.15) is 45.6 Å². The van der Waals surface area contributed by atoms with Crippen molar-refractivity contribution in [2.45, 2.75) is 45.6 Å². The van der Waals surface area contributed by atoms with E-state index in [1.165, 1.54) is 12.1 Å². The number of hydrogen-bond donors (Lipinski definition) is 1. The van der Waals surface area contributed by atoms with Gasteiger partial charge in [0.15, 0.2) is 0 Å². The third-order valence-electron chi connectivity index (χ3n) is 3.60. The molecule has 0 heterocycles. The summed E-state index contributed by atoms with van der Waals surface area (Å²) in [5, 5.41) is 10.9. The van der Waals surface area contributed by atoms with E-state index in [0.29, 0.717) is 12.8 Å². The van der Waals surface area contributed by atoms with E-state index in [-0.39, 0.29) is 18.6 Å². The number of benzene rings is 1. The van der Waals surface area contributed by atoms with Crippen LogP contribution in [-0.4, -0.2) is 17.7 Å². The smallest absolute Gasteiger partial charge is 0.312 e. The number of aliphatic hydroxyl groups is 1. The normalized spacial score (nSPS) is 15.4. The van der Waals surface area contributed by atoms with Crippen molar-refractivity contribution in [3.63, 3.8) is 0 Å². The summed E-state index contributed by atoms with van der Waals surface area (Å²) in [6.07, 6.45) is 1.41. The third-order valence-corrected chi connectivity index (χ3v) is 3.60. The van der Waals surface area contributed by atoms with Crippen molar-refractivity contribution in [1.82, 2.24) is 0 Å². The lowest BCUT2D eigenvalue weighted by molar-refractivity contribution is -0.160. The molecular formula is C16H23FO3. The Morgan fingerprint density at radius 3 is 2.50 bits per heavy atom. The molecule has 0 fully saturated rings. The predicted octanol–water partition coefficient (Wildman–Crippen LogP) is 3.40. The van der Waals surface area contributed by atoms with Crippen LogP contribution in [0.5, 0.6) is 0 Å². The second kappa shape index (κ2) is 7.39. The zero-order chi connectivity index (χ0) is 15.2. The van der Waals surface area contributed by atoms with Gasteiger partial charge in [0.2, 0.25) is 0 Å². The van der Waals surface area contributed by atoms with Crippen LogP contribution in [0.4, 0.5) is 4.39 Å². The SMILES string of the molecule is CCCC(C(=O)OCC)C(O)(CC)c1ccccc1F. The van der Waals surface area contributed by atoms with Crippen molar-refractivity contribution in [2.75, 3.05) is 6.61 Å². The molecule has 0 spiro atoms. The Bertz CT molecular complexity index is 447. The Labute approximate surface area is 119 Å². The van der Waals surface area contributed by atoms with E-state index >= 15 is 0 Å². The van der Waals surface area contributed by atoms with Crippen molar-refractivity contribution >= 4 is 5.97 Å². The minimum Gasteiger partial charge on any atom is -0.466 e. The molecule has 0 amide bonds. The number of halogens is 1. The van der Waals surface area contributed by atoms with E-state index in [1.807, 2.05) is 6.92 Å². The lowest BCUT2D eigenvalue weighted by Crippen LogP contribution is -2.41. The fourth-order valence-corrected chi connectivity index (χ4v) is 2.52. The van der Waals surface area contributed by atoms with Gasteiger partial charge in [-0.25, -0.2) is 4.39 Å². The van der Waals surface area contributed by atoms with Gasteiger partial charge in [-0.05, 0) is 25.8 Å². The van der Waals surface area contributed by atoms with Gasteiger partial charge in [0.25, 0.3) is 0 Å². The van der Waals surface area contributed by atoms with E-state index in [2.05, 4.69) is 0 Å². The summed E-state index contributed by atoms with van der Waals surface area (Å²) in [5.74, 6) is -1.72. The Morgan fingerprint density at radius 2 is 2.00 bits per heavy atom. The van der Waals surface area contributed by atoms with Crippen molar-refractivity contribution in [2.24, 2.45) is 5.92 Å². The molecule has 0 radical (unpaired) electrons. The summed E-state index contributed by atoms with van der Waals surface area (Å²) in [4.78, 5) is 12.1. The molecule has 0 aromatic heterocycles. The van der Waals surface area contributed by atoms with Crippen LogP contribution in [0, 0.1) is 11.7 Å². The fourth-order valence-electron chi connectivity index (χ4n) is 2.52. The third kappa shape index (κ3) is 3.37. The van der Waals surface area contributed by atoms with Gasteiger partial charge < -0.3 is 9.84 Å². The molecule has 0 saturated heterocycles. The van der Waals surface area contributed by atoms with Gasteiger partial charge in [0.1, 0.15) is 11.4 Å². The zero-order valence-electron chi connectivity index (χ0n) is 12.4. The summed E-state index contributed by atoms with van der Waals surface area (Å²) in [7, 11) is 0. The second-order valence-corrected chi connectivity index (χ2v) is 4.85. The highest BCUT2D eigenvalue weighted by atomic mass is 19.1. The molecule has 1 rings (SSSR count). The fraction of sp³-hybridized carbons (Fsp3) is 0.562. The molecule has 0 bridgehead atoms.